The Labute approximate surface area is 107 Å². The SMILES string of the molecule is CC(C)c1ccc2ccc3ccccc3c2c1O. The molecule has 0 unspecified atom stereocenters. The van der Waals surface area contributed by atoms with Gasteiger partial charge in [0.15, 0.2) is 0 Å². The van der Waals surface area contributed by atoms with Gasteiger partial charge in [-0.25, -0.2) is 0 Å². The van der Waals surface area contributed by atoms with Crippen molar-refractivity contribution in [3.63, 3.8) is 0 Å². The van der Waals surface area contributed by atoms with Crippen LogP contribution >= 0.6 is 0 Å². The van der Waals surface area contributed by atoms with Crippen LogP contribution in [-0.4, -0.2) is 5.11 Å². The monoisotopic (exact) mass is 236 g/mol. The first-order valence-electron chi connectivity index (χ1n) is 6.32. The molecule has 0 aliphatic heterocycles. The van der Waals surface area contributed by atoms with Crippen molar-refractivity contribution in [2.75, 3.05) is 0 Å². The number of phenols is 1. The highest BCUT2D eigenvalue weighted by Crippen LogP contribution is 2.37. The summed E-state index contributed by atoms with van der Waals surface area (Å²) in [5.41, 5.74) is 1.01. The zero-order valence-corrected chi connectivity index (χ0v) is 10.6. The van der Waals surface area contributed by atoms with E-state index < -0.39 is 0 Å². The van der Waals surface area contributed by atoms with Gasteiger partial charge in [-0.3, -0.25) is 0 Å². The molecule has 0 amide bonds. The van der Waals surface area contributed by atoms with E-state index in [9.17, 15) is 5.11 Å². The second-order valence-corrected chi connectivity index (χ2v) is 5.04. The minimum atomic E-state index is 0.327. The van der Waals surface area contributed by atoms with E-state index in [0.29, 0.717) is 11.7 Å². The zero-order chi connectivity index (χ0) is 12.7. The lowest BCUT2D eigenvalue weighted by atomic mass is 9.94. The summed E-state index contributed by atoms with van der Waals surface area (Å²) in [4.78, 5) is 0. The first kappa shape index (κ1) is 11.1. The Kier molecular flexibility index (Phi) is 2.48. The van der Waals surface area contributed by atoms with Gasteiger partial charge in [0.2, 0.25) is 0 Å². The van der Waals surface area contributed by atoms with E-state index in [1.54, 1.807) is 0 Å². The first-order valence-corrected chi connectivity index (χ1v) is 6.32. The standard InChI is InChI=1S/C17H16O/c1-11(2)14-10-9-13-8-7-12-5-3-4-6-15(12)16(13)17(14)18/h3-11,18H,1-2H3. The smallest absolute Gasteiger partial charge is 0.127 e. The second-order valence-electron chi connectivity index (χ2n) is 5.04. The molecule has 3 aromatic carbocycles. The molecular weight excluding hydrogens is 220 g/mol. The molecule has 1 heteroatoms. The number of aromatic hydroxyl groups is 1. The van der Waals surface area contributed by atoms with Crippen LogP contribution in [0.2, 0.25) is 0 Å². The summed E-state index contributed by atoms with van der Waals surface area (Å²) in [5.74, 6) is 0.757. The maximum Gasteiger partial charge on any atom is 0.127 e. The van der Waals surface area contributed by atoms with Gasteiger partial charge in [-0.1, -0.05) is 62.4 Å². The molecule has 0 aliphatic rings. The van der Waals surface area contributed by atoms with Crippen molar-refractivity contribution in [1.82, 2.24) is 0 Å². The predicted octanol–water partition coefficient (Wildman–Crippen LogP) is 4.82. The van der Waals surface area contributed by atoms with E-state index in [2.05, 4.69) is 44.2 Å². The molecule has 0 aliphatic carbocycles. The fourth-order valence-electron chi connectivity index (χ4n) is 2.56. The second kappa shape index (κ2) is 4.02. The van der Waals surface area contributed by atoms with E-state index in [0.717, 1.165) is 21.7 Å². The molecule has 0 heterocycles. The third-order valence-electron chi connectivity index (χ3n) is 3.54. The van der Waals surface area contributed by atoms with Gasteiger partial charge >= 0.3 is 0 Å². The van der Waals surface area contributed by atoms with Crippen molar-refractivity contribution in [1.29, 1.82) is 0 Å². The molecule has 18 heavy (non-hydrogen) atoms. The molecule has 1 N–H and O–H groups in total. The fourth-order valence-corrected chi connectivity index (χ4v) is 2.56. The van der Waals surface area contributed by atoms with Crippen LogP contribution in [0.15, 0.2) is 48.5 Å². The summed E-state index contributed by atoms with van der Waals surface area (Å²) in [6.45, 7) is 4.21. The molecule has 90 valence electrons. The predicted molar refractivity (Wildman–Crippen MR) is 77.2 cm³/mol. The van der Waals surface area contributed by atoms with Crippen molar-refractivity contribution >= 4 is 21.5 Å². The van der Waals surface area contributed by atoms with E-state index in [4.69, 9.17) is 0 Å². The highest BCUT2D eigenvalue weighted by molar-refractivity contribution is 6.10. The van der Waals surface area contributed by atoms with E-state index in [1.165, 1.54) is 5.39 Å². The van der Waals surface area contributed by atoms with Crippen LogP contribution in [0.5, 0.6) is 5.75 Å². The van der Waals surface area contributed by atoms with Gasteiger partial charge in [0.05, 0.1) is 0 Å². The summed E-state index contributed by atoms with van der Waals surface area (Å²) in [6, 6.07) is 16.5. The molecule has 0 radical (unpaired) electrons. The Hall–Kier alpha value is -2.02. The molecule has 0 aromatic heterocycles. The molecule has 0 spiro atoms. The molecule has 0 fully saturated rings. The van der Waals surface area contributed by atoms with Crippen LogP contribution in [0, 0.1) is 0 Å². The summed E-state index contributed by atoms with van der Waals surface area (Å²) in [6.07, 6.45) is 0. The summed E-state index contributed by atoms with van der Waals surface area (Å²) < 4.78 is 0. The Morgan fingerprint density at radius 1 is 0.833 bits per heavy atom. The van der Waals surface area contributed by atoms with Gasteiger partial charge in [0, 0.05) is 5.39 Å². The molecule has 0 saturated carbocycles. The Bertz CT molecular complexity index is 726. The Balaban J connectivity index is 2.51. The number of hydrogen-bond acceptors (Lipinski definition) is 1. The van der Waals surface area contributed by atoms with Gasteiger partial charge in [-0.15, -0.1) is 0 Å². The van der Waals surface area contributed by atoms with Crippen molar-refractivity contribution in [3.8, 4) is 5.75 Å². The minimum Gasteiger partial charge on any atom is -0.507 e. The molecule has 0 atom stereocenters. The van der Waals surface area contributed by atoms with Crippen LogP contribution in [-0.2, 0) is 0 Å². The lowest BCUT2D eigenvalue weighted by Crippen LogP contribution is -1.89. The number of fused-ring (bicyclic) bond motifs is 3. The number of hydrogen-bond donors (Lipinski definition) is 1. The topological polar surface area (TPSA) is 20.2 Å². The largest absolute Gasteiger partial charge is 0.507 e. The van der Waals surface area contributed by atoms with Crippen molar-refractivity contribution in [2.24, 2.45) is 0 Å². The molecule has 1 nitrogen and oxygen atoms in total. The lowest BCUT2D eigenvalue weighted by molar-refractivity contribution is 0.471. The number of phenolic OH excluding ortho intramolecular Hbond substituents is 1. The van der Waals surface area contributed by atoms with E-state index >= 15 is 0 Å². The average molecular weight is 236 g/mol. The van der Waals surface area contributed by atoms with Crippen molar-refractivity contribution in [2.45, 2.75) is 19.8 Å². The summed E-state index contributed by atoms with van der Waals surface area (Å²) in [5, 5.41) is 14.9. The highest BCUT2D eigenvalue weighted by Gasteiger charge is 2.11. The van der Waals surface area contributed by atoms with Crippen LogP contribution in [0.3, 0.4) is 0 Å². The molecule has 3 rings (SSSR count). The van der Waals surface area contributed by atoms with Gasteiger partial charge in [0.1, 0.15) is 5.75 Å². The van der Waals surface area contributed by atoms with E-state index in [-0.39, 0.29) is 0 Å². The van der Waals surface area contributed by atoms with Gasteiger partial charge < -0.3 is 5.11 Å². The average Bonchev–Trinajstić information content (AvgIpc) is 2.38. The lowest BCUT2D eigenvalue weighted by Gasteiger charge is -2.12. The minimum absolute atomic E-state index is 0.327. The van der Waals surface area contributed by atoms with Crippen LogP contribution in [0.1, 0.15) is 25.3 Å². The van der Waals surface area contributed by atoms with E-state index in [1.807, 2.05) is 18.2 Å². The van der Waals surface area contributed by atoms with Gasteiger partial charge in [-0.05, 0) is 27.6 Å². The molecular formula is C17H16O. The molecule has 0 bridgehead atoms. The Morgan fingerprint density at radius 3 is 2.28 bits per heavy atom. The quantitative estimate of drug-likeness (QED) is 0.600. The third kappa shape index (κ3) is 1.55. The first-order chi connectivity index (χ1) is 8.68. The number of benzene rings is 3. The van der Waals surface area contributed by atoms with Crippen LogP contribution < -0.4 is 0 Å². The molecule has 0 saturated heterocycles. The third-order valence-corrected chi connectivity index (χ3v) is 3.54. The number of rotatable bonds is 1. The van der Waals surface area contributed by atoms with Gasteiger partial charge in [0.25, 0.3) is 0 Å². The highest BCUT2D eigenvalue weighted by atomic mass is 16.3. The maximum absolute atomic E-state index is 10.5. The zero-order valence-electron chi connectivity index (χ0n) is 10.6. The maximum atomic E-state index is 10.5. The van der Waals surface area contributed by atoms with Crippen molar-refractivity contribution in [3.05, 3.63) is 54.1 Å². The summed E-state index contributed by atoms with van der Waals surface area (Å²) >= 11 is 0. The fraction of sp³-hybridized carbons (Fsp3) is 0.176. The summed E-state index contributed by atoms with van der Waals surface area (Å²) in [7, 11) is 0. The normalized spacial score (nSPS) is 11.5. The van der Waals surface area contributed by atoms with Crippen molar-refractivity contribution < 1.29 is 5.11 Å². The van der Waals surface area contributed by atoms with Gasteiger partial charge in [-0.2, -0.15) is 0 Å². The van der Waals surface area contributed by atoms with Crippen LogP contribution in [0.4, 0.5) is 0 Å². The Morgan fingerprint density at radius 2 is 1.50 bits per heavy atom. The molecule has 3 aromatic rings. The van der Waals surface area contributed by atoms with Crippen LogP contribution in [0.25, 0.3) is 21.5 Å².